The number of carbonyl (C=O) groups is 1. The van der Waals surface area contributed by atoms with Crippen molar-refractivity contribution in [2.24, 2.45) is 5.16 Å². The van der Waals surface area contributed by atoms with Gasteiger partial charge in [-0.05, 0) is 35.7 Å². The molecule has 1 N–H and O–H groups in total. The third-order valence-corrected chi connectivity index (χ3v) is 8.94. The van der Waals surface area contributed by atoms with Crippen LogP contribution in [0.15, 0.2) is 101 Å². The first-order chi connectivity index (χ1) is 19.5. The molecule has 0 aliphatic rings. The first-order valence-corrected chi connectivity index (χ1v) is 16.8. The second-order valence-corrected chi connectivity index (χ2v) is 13.7. The van der Waals surface area contributed by atoms with Crippen LogP contribution in [0.2, 0.25) is 0 Å². The molecule has 14 heteroatoms. The minimum absolute atomic E-state index is 0.0606. The van der Waals surface area contributed by atoms with Gasteiger partial charge < -0.3 is 4.74 Å². The van der Waals surface area contributed by atoms with Crippen molar-refractivity contribution in [1.29, 1.82) is 0 Å². The molecule has 0 atom stereocenters. The highest BCUT2D eigenvalue weighted by Crippen LogP contribution is 2.25. The molecule has 218 valence electrons. The largest absolute Gasteiger partial charge is 0.464 e. The molecule has 0 fully saturated rings. The lowest BCUT2D eigenvalue weighted by Gasteiger charge is -2.12. The highest BCUT2D eigenvalue weighted by molar-refractivity contribution is 8.15. The number of nitrogens with zero attached hydrogens (tertiary/aromatic N) is 1. The zero-order valence-corrected chi connectivity index (χ0v) is 25.4. The van der Waals surface area contributed by atoms with E-state index in [1.807, 2.05) is 31.2 Å². The molecular weight excluding hydrogens is 609 g/mol. The molecule has 41 heavy (non-hydrogen) atoms. The summed E-state index contributed by atoms with van der Waals surface area (Å²) in [5.41, 5.74) is 4.89. The summed E-state index contributed by atoms with van der Waals surface area (Å²) in [5.74, 6) is -1.77. The standard InChI is InChI=1S/C27H28N2O8S4/c1-20-13-15-25(16-14-20)39-21(2)28-36-41(33,34)19-24-12-8-7-11-23(24)17-38-26(27(30)35-3)29-37-40(31,32)18-22-9-5-4-6-10-22/h4-16,28H,2,17-19H2,1,3H3. The second-order valence-electron chi connectivity index (χ2n) is 8.43. The topological polar surface area (TPSA) is 137 Å². The first kappa shape index (κ1) is 32.2. The van der Waals surface area contributed by atoms with E-state index in [1.165, 1.54) is 11.8 Å². The van der Waals surface area contributed by atoms with E-state index >= 15 is 0 Å². The van der Waals surface area contributed by atoms with E-state index in [2.05, 4.69) is 17.2 Å². The molecule has 0 amide bonds. The van der Waals surface area contributed by atoms with Crippen molar-refractivity contribution < 1.29 is 34.9 Å². The lowest BCUT2D eigenvalue weighted by Crippen LogP contribution is -2.20. The molecule has 0 saturated carbocycles. The Morgan fingerprint density at radius 2 is 1.51 bits per heavy atom. The number of carbonyl (C=O) groups excluding carboxylic acids is 1. The van der Waals surface area contributed by atoms with Crippen LogP contribution in [0.1, 0.15) is 22.3 Å². The molecule has 3 aromatic rings. The Hall–Kier alpha value is -3.30. The summed E-state index contributed by atoms with van der Waals surface area (Å²) >= 11 is 2.05. The molecular formula is C27H28N2O8S4. The maximum Gasteiger partial charge on any atom is 0.366 e. The maximum atomic E-state index is 12.7. The molecule has 0 heterocycles. The van der Waals surface area contributed by atoms with Crippen molar-refractivity contribution >= 4 is 54.8 Å². The van der Waals surface area contributed by atoms with E-state index in [0.717, 1.165) is 29.3 Å². The number of ether oxygens (including phenoxy) is 1. The summed E-state index contributed by atoms with van der Waals surface area (Å²) in [6.45, 7) is 5.74. The summed E-state index contributed by atoms with van der Waals surface area (Å²) in [7, 11) is -7.11. The minimum atomic E-state index is -4.14. The number of hydrogen-bond donors (Lipinski definition) is 1. The van der Waals surface area contributed by atoms with Crippen molar-refractivity contribution in [3.63, 3.8) is 0 Å². The van der Waals surface area contributed by atoms with Crippen LogP contribution in [0, 0.1) is 6.92 Å². The van der Waals surface area contributed by atoms with E-state index in [1.54, 1.807) is 54.6 Å². The monoisotopic (exact) mass is 636 g/mol. The average molecular weight is 637 g/mol. The van der Waals surface area contributed by atoms with Crippen LogP contribution in [0.3, 0.4) is 0 Å². The highest BCUT2D eigenvalue weighted by atomic mass is 32.2. The fourth-order valence-electron chi connectivity index (χ4n) is 3.19. The SMILES string of the molecule is C=C(NOS(=O)(=O)Cc1ccccc1CSC(=NOS(=O)(=O)Cc1ccccc1)C(=O)OC)Sc1ccc(C)cc1. The Morgan fingerprint density at radius 1 is 0.878 bits per heavy atom. The minimum Gasteiger partial charge on any atom is -0.464 e. The molecule has 0 aliphatic heterocycles. The molecule has 0 unspecified atom stereocenters. The Kier molecular flexibility index (Phi) is 11.8. The van der Waals surface area contributed by atoms with Gasteiger partial charge in [-0.1, -0.05) is 108 Å². The summed E-state index contributed by atoms with van der Waals surface area (Å²) in [5, 5.41) is 3.44. The van der Waals surface area contributed by atoms with Gasteiger partial charge >= 0.3 is 16.1 Å². The summed E-state index contributed by atoms with van der Waals surface area (Å²) in [6, 6.07) is 22.6. The first-order valence-electron chi connectivity index (χ1n) is 11.9. The van der Waals surface area contributed by atoms with Gasteiger partial charge in [-0.2, -0.15) is 21.1 Å². The molecule has 0 bridgehead atoms. The number of hydroxylamine groups is 1. The van der Waals surface area contributed by atoms with Gasteiger partial charge in [0.25, 0.3) is 10.1 Å². The Bertz CT molecular complexity index is 1590. The van der Waals surface area contributed by atoms with E-state index in [4.69, 9.17) is 13.3 Å². The van der Waals surface area contributed by atoms with Crippen LogP contribution in [-0.2, 0) is 55.6 Å². The number of esters is 1. The number of nitrogens with one attached hydrogen (secondary N) is 1. The average Bonchev–Trinajstić information content (AvgIpc) is 2.94. The number of benzene rings is 3. The van der Waals surface area contributed by atoms with E-state index < -0.39 is 37.7 Å². The van der Waals surface area contributed by atoms with Gasteiger partial charge in [-0.3, -0.25) is 4.28 Å². The Morgan fingerprint density at radius 3 is 2.17 bits per heavy atom. The molecule has 10 nitrogen and oxygen atoms in total. The number of methoxy groups -OCH3 is 1. The smallest absolute Gasteiger partial charge is 0.366 e. The lowest BCUT2D eigenvalue weighted by atomic mass is 10.1. The van der Waals surface area contributed by atoms with E-state index in [-0.39, 0.29) is 15.8 Å². The van der Waals surface area contributed by atoms with E-state index in [9.17, 15) is 21.6 Å². The maximum absolute atomic E-state index is 12.7. The van der Waals surface area contributed by atoms with Gasteiger partial charge in [0, 0.05) is 10.6 Å². The number of oxime groups is 1. The zero-order chi connectivity index (χ0) is 29.9. The molecule has 3 aromatic carbocycles. The predicted octanol–water partition coefficient (Wildman–Crippen LogP) is 4.88. The Labute approximate surface area is 248 Å². The zero-order valence-electron chi connectivity index (χ0n) is 22.2. The van der Waals surface area contributed by atoms with Gasteiger partial charge in [-0.25, -0.2) is 10.3 Å². The third kappa shape index (κ3) is 11.2. The molecule has 0 aromatic heterocycles. The van der Waals surface area contributed by atoms with Crippen LogP contribution >= 0.6 is 23.5 Å². The van der Waals surface area contributed by atoms with Crippen LogP contribution in [0.5, 0.6) is 0 Å². The van der Waals surface area contributed by atoms with Gasteiger partial charge in [0.2, 0.25) is 5.04 Å². The molecule has 3 rings (SSSR count). The summed E-state index contributed by atoms with van der Waals surface area (Å²) in [4.78, 5) is 13.1. The third-order valence-electron chi connectivity index (χ3n) is 5.14. The summed E-state index contributed by atoms with van der Waals surface area (Å²) in [6.07, 6.45) is 0. The van der Waals surface area contributed by atoms with Crippen LogP contribution in [0.4, 0.5) is 0 Å². The molecule has 0 radical (unpaired) electrons. The van der Waals surface area contributed by atoms with Crippen LogP contribution < -0.4 is 5.48 Å². The number of aryl methyl sites for hydroxylation is 1. The van der Waals surface area contributed by atoms with Crippen molar-refractivity contribution in [2.45, 2.75) is 29.1 Å². The highest BCUT2D eigenvalue weighted by Gasteiger charge is 2.21. The Balaban J connectivity index is 1.63. The second kappa shape index (κ2) is 15.1. The normalized spacial score (nSPS) is 12.0. The van der Waals surface area contributed by atoms with Crippen molar-refractivity contribution in [1.82, 2.24) is 5.48 Å². The van der Waals surface area contributed by atoms with Crippen molar-refractivity contribution in [3.05, 3.63) is 113 Å². The number of thioether (sulfide) groups is 2. The lowest BCUT2D eigenvalue weighted by molar-refractivity contribution is -0.132. The summed E-state index contributed by atoms with van der Waals surface area (Å²) < 4.78 is 64.4. The fraction of sp³-hybridized carbons (Fsp3) is 0.185. The van der Waals surface area contributed by atoms with Crippen molar-refractivity contribution in [2.75, 3.05) is 7.11 Å². The van der Waals surface area contributed by atoms with E-state index in [0.29, 0.717) is 16.7 Å². The predicted molar refractivity (Wildman–Crippen MR) is 160 cm³/mol. The van der Waals surface area contributed by atoms with Gasteiger partial charge in [0.1, 0.15) is 11.5 Å². The van der Waals surface area contributed by atoms with Crippen molar-refractivity contribution in [3.8, 4) is 0 Å². The number of rotatable bonds is 13. The number of hydrogen-bond acceptors (Lipinski definition) is 12. The van der Waals surface area contributed by atoms with Crippen LogP contribution in [-0.4, -0.2) is 35.0 Å². The fourth-order valence-corrected chi connectivity index (χ4v) is 6.59. The van der Waals surface area contributed by atoms with Gasteiger partial charge in [-0.15, -0.1) is 0 Å². The van der Waals surface area contributed by atoms with Gasteiger partial charge in [0.05, 0.1) is 12.1 Å². The molecule has 0 saturated heterocycles. The van der Waals surface area contributed by atoms with Crippen LogP contribution in [0.25, 0.3) is 0 Å². The molecule has 0 aliphatic carbocycles. The molecule has 0 spiro atoms. The quantitative estimate of drug-likeness (QED) is 0.0904. The van der Waals surface area contributed by atoms with Gasteiger partial charge in [0.15, 0.2) is 0 Å².